The molecule has 0 saturated heterocycles. The van der Waals surface area contributed by atoms with E-state index in [4.69, 9.17) is 4.74 Å². The predicted molar refractivity (Wildman–Crippen MR) is 126 cm³/mol. The van der Waals surface area contributed by atoms with Crippen LogP contribution < -0.4 is 15.4 Å². The Morgan fingerprint density at radius 2 is 1.76 bits per heavy atom. The van der Waals surface area contributed by atoms with Gasteiger partial charge in [-0.3, -0.25) is 29.3 Å². The molecule has 9 heteroatoms. The van der Waals surface area contributed by atoms with Crippen LogP contribution in [-0.4, -0.2) is 33.0 Å². The van der Waals surface area contributed by atoms with Gasteiger partial charge in [0.25, 0.3) is 17.4 Å². The van der Waals surface area contributed by atoms with Gasteiger partial charge in [0.15, 0.2) is 6.33 Å². The monoisotopic (exact) mass is 460 g/mol. The van der Waals surface area contributed by atoms with Gasteiger partial charge in [-0.15, -0.1) is 0 Å². The van der Waals surface area contributed by atoms with E-state index in [2.05, 4.69) is 15.3 Å². The number of unbranched alkanes of at least 4 members (excludes halogenated alkanes) is 1. The normalized spacial score (nSPS) is 10.9. The number of amides is 1. The second-order valence-electron chi connectivity index (χ2n) is 7.88. The summed E-state index contributed by atoms with van der Waals surface area (Å²) >= 11 is 0. The van der Waals surface area contributed by atoms with Gasteiger partial charge >= 0.3 is 11.6 Å². The van der Waals surface area contributed by atoms with Gasteiger partial charge in [0.05, 0.1) is 19.7 Å². The van der Waals surface area contributed by atoms with E-state index in [1.165, 1.54) is 6.92 Å². The number of carbonyl (C=O) groups is 2. The molecule has 0 aliphatic carbocycles. The molecule has 1 amide bonds. The molecule has 2 N–H and O–H groups in total. The fourth-order valence-electron chi connectivity index (χ4n) is 3.69. The van der Waals surface area contributed by atoms with Crippen molar-refractivity contribution in [3.05, 3.63) is 88.5 Å². The average molecular weight is 461 g/mol. The molecule has 34 heavy (non-hydrogen) atoms. The van der Waals surface area contributed by atoms with Gasteiger partial charge in [0.1, 0.15) is 0 Å². The highest BCUT2D eigenvalue weighted by Crippen LogP contribution is 2.11. The lowest BCUT2D eigenvalue weighted by Gasteiger charge is -2.03. The minimum Gasteiger partial charge on any atom is -0.466 e. The summed E-state index contributed by atoms with van der Waals surface area (Å²) in [7, 11) is 0. The Balaban J connectivity index is 1.64. The summed E-state index contributed by atoms with van der Waals surface area (Å²) in [6.07, 6.45) is 3.26. The number of aromatic nitrogens is 4. The number of hydrogen-bond acceptors (Lipinski definition) is 5. The largest absolute Gasteiger partial charge is 0.466 e. The Labute approximate surface area is 196 Å². The van der Waals surface area contributed by atoms with Crippen LogP contribution in [0.1, 0.15) is 35.7 Å². The Morgan fingerprint density at radius 3 is 2.47 bits per heavy atom. The number of fused-ring (bicyclic) bond motifs is 1. The SMILES string of the molecule is CC(=O)OCCCC[n+]1cn(Cc2ccccc2)c2c(=O)[nH]c(NC(=O)c3ccccc3)nc21. The molecule has 2 heterocycles. The molecule has 0 aliphatic heterocycles. The Kier molecular flexibility index (Phi) is 7.12. The highest BCUT2D eigenvalue weighted by molar-refractivity contribution is 6.03. The number of aryl methyl sites for hydroxylation is 1. The highest BCUT2D eigenvalue weighted by atomic mass is 16.5. The zero-order chi connectivity index (χ0) is 23.9. The summed E-state index contributed by atoms with van der Waals surface area (Å²) in [5.74, 6) is -0.587. The van der Waals surface area contributed by atoms with E-state index in [-0.39, 0.29) is 23.4 Å². The predicted octanol–water partition coefficient (Wildman–Crippen LogP) is 2.66. The third-order valence-corrected chi connectivity index (χ3v) is 5.28. The van der Waals surface area contributed by atoms with Crippen LogP contribution in [0.25, 0.3) is 11.2 Å². The van der Waals surface area contributed by atoms with Crippen LogP contribution in [0.5, 0.6) is 0 Å². The van der Waals surface area contributed by atoms with E-state index in [9.17, 15) is 14.4 Å². The number of carbonyl (C=O) groups excluding carboxylic acids is 2. The number of hydrogen-bond donors (Lipinski definition) is 2. The molecular weight excluding hydrogens is 434 g/mol. The minimum absolute atomic E-state index is 0.0810. The zero-order valence-corrected chi connectivity index (χ0v) is 18.9. The summed E-state index contributed by atoms with van der Waals surface area (Å²) in [4.78, 5) is 43.8. The van der Waals surface area contributed by atoms with E-state index in [1.807, 2.05) is 51.9 Å². The van der Waals surface area contributed by atoms with E-state index in [0.717, 1.165) is 12.0 Å². The fraction of sp³-hybridized carbons (Fsp3) is 0.240. The molecule has 9 nitrogen and oxygen atoms in total. The summed E-state index contributed by atoms with van der Waals surface area (Å²) in [5, 5.41) is 2.68. The molecule has 0 fully saturated rings. The molecule has 0 spiro atoms. The molecule has 2 aromatic carbocycles. The third kappa shape index (κ3) is 5.55. The number of imidazole rings is 1. The maximum Gasteiger partial charge on any atom is 0.311 e. The second-order valence-corrected chi connectivity index (χ2v) is 7.88. The number of anilines is 1. The Bertz CT molecular complexity index is 1350. The van der Waals surface area contributed by atoms with Gasteiger partial charge in [-0.2, -0.15) is 0 Å². The average Bonchev–Trinajstić information content (AvgIpc) is 3.17. The first-order valence-corrected chi connectivity index (χ1v) is 11.1. The van der Waals surface area contributed by atoms with Crippen LogP contribution in [0, 0.1) is 0 Å². The Morgan fingerprint density at radius 1 is 1.06 bits per heavy atom. The van der Waals surface area contributed by atoms with Crippen LogP contribution >= 0.6 is 0 Å². The third-order valence-electron chi connectivity index (χ3n) is 5.28. The maximum atomic E-state index is 13.1. The lowest BCUT2D eigenvalue weighted by atomic mass is 10.2. The van der Waals surface area contributed by atoms with E-state index in [1.54, 1.807) is 24.3 Å². The summed E-state index contributed by atoms with van der Waals surface area (Å²) in [5.41, 5.74) is 2.05. The molecule has 0 radical (unpaired) electrons. The molecule has 0 saturated carbocycles. The van der Waals surface area contributed by atoms with Gasteiger partial charge < -0.3 is 4.74 Å². The molecule has 0 aliphatic rings. The van der Waals surface area contributed by atoms with Gasteiger partial charge in [-0.1, -0.05) is 53.5 Å². The van der Waals surface area contributed by atoms with Crippen molar-refractivity contribution >= 4 is 29.0 Å². The standard InChI is InChI=1S/C25H25N5O4/c1-18(31)34-15-9-8-14-29-17-30(16-19-10-4-2-5-11-19)21-22(29)26-25(28-24(21)33)27-23(32)20-12-6-3-7-13-20/h2-7,10-13,17H,8-9,14-16H2,1H3,(H-,26,27,28,32,33)/p+1. The summed E-state index contributed by atoms with van der Waals surface area (Å²) in [6, 6.07) is 18.5. The number of nitrogens with zero attached hydrogens (tertiary/aromatic N) is 3. The highest BCUT2D eigenvalue weighted by Gasteiger charge is 2.23. The lowest BCUT2D eigenvalue weighted by molar-refractivity contribution is -0.674. The first-order valence-electron chi connectivity index (χ1n) is 11.1. The van der Waals surface area contributed by atoms with Crippen molar-refractivity contribution in [3.63, 3.8) is 0 Å². The van der Waals surface area contributed by atoms with Crippen molar-refractivity contribution in [2.75, 3.05) is 11.9 Å². The summed E-state index contributed by atoms with van der Waals surface area (Å²) in [6.45, 7) is 2.79. The number of nitrogens with one attached hydrogen (secondary N) is 2. The van der Waals surface area contributed by atoms with Crippen LogP contribution in [0.2, 0.25) is 0 Å². The Hall–Kier alpha value is -4.27. The van der Waals surface area contributed by atoms with Crippen molar-refractivity contribution in [2.45, 2.75) is 32.9 Å². The van der Waals surface area contributed by atoms with Crippen LogP contribution in [0.15, 0.2) is 71.8 Å². The van der Waals surface area contributed by atoms with E-state index in [0.29, 0.717) is 42.8 Å². The van der Waals surface area contributed by atoms with Crippen molar-refractivity contribution < 1.29 is 18.9 Å². The quantitative estimate of drug-likeness (QED) is 0.227. The second kappa shape index (κ2) is 10.6. The van der Waals surface area contributed by atoms with Crippen molar-refractivity contribution in [1.29, 1.82) is 0 Å². The smallest absolute Gasteiger partial charge is 0.311 e. The minimum atomic E-state index is -0.361. The van der Waals surface area contributed by atoms with Crippen LogP contribution in [-0.2, 0) is 22.6 Å². The molecule has 174 valence electrons. The number of ether oxygens (including phenoxy) is 1. The molecule has 2 aromatic heterocycles. The van der Waals surface area contributed by atoms with Gasteiger partial charge in [0, 0.05) is 12.5 Å². The maximum absolute atomic E-state index is 13.1. The van der Waals surface area contributed by atoms with Gasteiger partial charge in [-0.25, -0.2) is 4.57 Å². The molecule has 0 bridgehead atoms. The molecule has 0 atom stereocenters. The zero-order valence-electron chi connectivity index (χ0n) is 18.9. The number of H-pyrrole nitrogens is 1. The first-order chi connectivity index (χ1) is 16.5. The van der Waals surface area contributed by atoms with Crippen LogP contribution in [0.4, 0.5) is 5.95 Å². The number of aromatic amines is 1. The lowest BCUT2D eigenvalue weighted by Crippen LogP contribution is -2.34. The van der Waals surface area contributed by atoms with E-state index >= 15 is 0 Å². The van der Waals surface area contributed by atoms with Crippen molar-refractivity contribution in [3.8, 4) is 0 Å². The topological polar surface area (TPSA) is 110 Å². The van der Waals surface area contributed by atoms with E-state index < -0.39 is 0 Å². The van der Waals surface area contributed by atoms with Crippen molar-refractivity contribution in [1.82, 2.24) is 14.5 Å². The molecule has 4 aromatic rings. The van der Waals surface area contributed by atoms with Crippen molar-refractivity contribution in [2.24, 2.45) is 0 Å². The van der Waals surface area contributed by atoms with Gasteiger partial charge in [0.2, 0.25) is 5.52 Å². The summed E-state index contributed by atoms with van der Waals surface area (Å²) < 4.78 is 8.74. The van der Waals surface area contributed by atoms with Gasteiger partial charge in [-0.05, 0) is 30.5 Å². The number of benzene rings is 2. The molecular formula is C25H26N5O4+. The number of rotatable bonds is 9. The number of esters is 1. The van der Waals surface area contributed by atoms with Crippen LogP contribution in [0.3, 0.4) is 0 Å². The molecule has 4 rings (SSSR count). The molecule has 0 unspecified atom stereocenters. The first kappa shape index (κ1) is 22.9. The fourth-order valence-corrected chi connectivity index (χ4v) is 3.69.